The van der Waals surface area contributed by atoms with Gasteiger partial charge in [0.1, 0.15) is 24.2 Å². The highest BCUT2D eigenvalue weighted by atomic mass is 35.5. The number of hydrogen-bond donors (Lipinski definition) is 1. The molecule has 0 saturated heterocycles. The van der Waals surface area contributed by atoms with Crippen molar-refractivity contribution in [2.24, 2.45) is 0 Å². The van der Waals surface area contributed by atoms with Gasteiger partial charge < -0.3 is 15.0 Å². The number of carbonyl (C=O) groups is 2. The Hall–Kier alpha value is -4.23. The van der Waals surface area contributed by atoms with Crippen LogP contribution < -0.4 is 14.4 Å². The zero-order chi connectivity index (χ0) is 31.2. The van der Waals surface area contributed by atoms with Crippen LogP contribution in [0.5, 0.6) is 5.75 Å². The number of nitrogens with zero attached hydrogens (tertiary/aromatic N) is 3. The summed E-state index contributed by atoms with van der Waals surface area (Å²) in [6.07, 6.45) is 0. The van der Waals surface area contributed by atoms with Crippen LogP contribution in [0.2, 0.25) is 5.02 Å². The topological polar surface area (TPSA) is 139 Å². The molecule has 0 aliphatic heterocycles. The lowest BCUT2D eigenvalue weighted by Gasteiger charge is -2.32. The maximum Gasteiger partial charge on any atom is 0.273 e. The fourth-order valence-corrected chi connectivity index (χ4v) is 5.74. The predicted octanol–water partition coefficient (Wildman–Crippen LogP) is 4.45. The molecule has 2 amide bonds. The van der Waals surface area contributed by atoms with E-state index in [0.717, 1.165) is 15.3 Å². The Balaban J connectivity index is 2.16. The Labute approximate surface area is 248 Å². The molecule has 14 heteroatoms. The number of nitro groups is 1. The van der Waals surface area contributed by atoms with Crippen LogP contribution in [0, 0.1) is 22.9 Å². The molecule has 0 aliphatic rings. The molecule has 3 aromatic rings. The van der Waals surface area contributed by atoms with Crippen molar-refractivity contribution in [2.75, 3.05) is 24.5 Å². The molecule has 0 radical (unpaired) electrons. The van der Waals surface area contributed by atoms with E-state index in [1.165, 1.54) is 75.6 Å². The summed E-state index contributed by atoms with van der Waals surface area (Å²) in [5.74, 6) is -1.72. The maximum atomic E-state index is 14.1. The lowest BCUT2D eigenvalue weighted by Crippen LogP contribution is -2.51. The second-order valence-electron chi connectivity index (χ2n) is 9.25. The first-order valence-electron chi connectivity index (χ1n) is 12.7. The van der Waals surface area contributed by atoms with E-state index in [9.17, 15) is 32.5 Å². The Bertz CT molecular complexity index is 1590. The summed E-state index contributed by atoms with van der Waals surface area (Å²) in [5, 5.41) is 14.3. The van der Waals surface area contributed by atoms with Crippen molar-refractivity contribution < 1.29 is 32.1 Å². The van der Waals surface area contributed by atoms with Gasteiger partial charge in [0.2, 0.25) is 11.8 Å². The van der Waals surface area contributed by atoms with E-state index < -0.39 is 55.7 Å². The molecule has 0 aliphatic carbocycles. The Kier molecular flexibility index (Phi) is 10.5. The van der Waals surface area contributed by atoms with Crippen LogP contribution in [0.3, 0.4) is 0 Å². The van der Waals surface area contributed by atoms with Crippen LogP contribution in [-0.2, 0) is 26.2 Å². The van der Waals surface area contributed by atoms with Gasteiger partial charge in [-0.15, -0.1) is 0 Å². The van der Waals surface area contributed by atoms with Crippen molar-refractivity contribution in [3.63, 3.8) is 0 Å². The molecule has 0 heterocycles. The van der Waals surface area contributed by atoms with E-state index in [4.69, 9.17) is 16.3 Å². The van der Waals surface area contributed by atoms with Gasteiger partial charge in [-0.05, 0) is 62.7 Å². The largest absolute Gasteiger partial charge is 0.495 e. The minimum Gasteiger partial charge on any atom is -0.495 e. The zero-order valence-corrected chi connectivity index (χ0v) is 24.9. The van der Waals surface area contributed by atoms with Crippen molar-refractivity contribution in [1.29, 1.82) is 0 Å². The van der Waals surface area contributed by atoms with Crippen LogP contribution in [0.15, 0.2) is 65.6 Å². The number of halogens is 2. The third-order valence-corrected chi connectivity index (χ3v) is 8.43. The molecular formula is C28H30ClFN4O7S. The van der Waals surface area contributed by atoms with E-state index in [0.29, 0.717) is 5.56 Å². The maximum absolute atomic E-state index is 14.1. The summed E-state index contributed by atoms with van der Waals surface area (Å²) < 4.78 is 47.8. The summed E-state index contributed by atoms with van der Waals surface area (Å²) in [4.78, 5) is 38.3. The first-order valence-corrected chi connectivity index (χ1v) is 14.5. The molecule has 11 nitrogen and oxygen atoms in total. The number of benzene rings is 3. The van der Waals surface area contributed by atoms with Crippen molar-refractivity contribution in [3.8, 4) is 5.75 Å². The van der Waals surface area contributed by atoms with Gasteiger partial charge in [0, 0.05) is 29.7 Å². The minimum atomic E-state index is -4.65. The molecule has 0 bridgehead atoms. The van der Waals surface area contributed by atoms with E-state index in [2.05, 4.69) is 5.32 Å². The summed E-state index contributed by atoms with van der Waals surface area (Å²) in [7, 11) is -3.35. The lowest BCUT2D eigenvalue weighted by molar-refractivity contribution is -0.385. The van der Waals surface area contributed by atoms with Gasteiger partial charge in [0.15, 0.2) is 0 Å². The minimum absolute atomic E-state index is 0.0549. The van der Waals surface area contributed by atoms with Crippen molar-refractivity contribution in [2.45, 2.75) is 38.3 Å². The lowest BCUT2D eigenvalue weighted by atomic mass is 10.1. The highest BCUT2D eigenvalue weighted by Crippen LogP contribution is 2.36. The Morgan fingerprint density at radius 1 is 1.12 bits per heavy atom. The van der Waals surface area contributed by atoms with Crippen molar-refractivity contribution in [1.82, 2.24) is 10.2 Å². The number of carbonyl (C=O) groups excluding carboxylic acids is 2. The smallest absolute Gasteiger partial charge is 0.273 e. The summed E-state index contributed by atoms with van der Waals surface area (Å²) >= 11 is 6.20. The van der Waals surface area contributed by atoms with Gasteiger partial charge in [-0.1, -0.05) is 29.8 Å². The van der Waals surface area contributed by atoms with Crippen molar-refractivity contribution in [3.05, 3.63) is 92.7 Å². The first-order chi connectivity index (χ1) is 19.8. The molecule has 1 N–H and O–H groups in total. The van der Waals surface area contributed by atoms with E-state index >= 15 is 0 Å². The number of rotatable bonds is 12. The van der Waals surface area contributed by atoms with Crippen molar-refractivity contribution >= 4 is 44.8 Å². The quantitative estimate of drug-likeness (QED) is 0.233. The molecule has 0 fully saturated rings. The average Bonchev–Trinajstić information content (AvgIpc) is 2.95. The highest BCUT2D eigenvalue weighted by Gasteiger charge is 2.34. The highest BCUT2D eigenvalue weighted by molar-refractivity contribution is 7.92. The number of ether oxygens (including phenoxy) is 1. The molecule has 3 rings (SSSR count). The molecule has 0 aromatic heterocycles. The predicted molar refractivity (Wildman–Crippen MR) is 155 cm³/mol. The number of aryl methyl sites for hydroxylation is 1. The number of nitrogens with one attached hydrogen (secondary N) is 1. The van der Waals surface area contributed by atoms with Gasteiger partial charge in [-0.25, -0.2) is 12.8 Å². The molecule has 0 saturated carbocycles. The normalized spacial score (nSPS) is 11.9. The van der Waals surface area contributed by atoms with Gasteiger partial charge in [-0.2, -0.15) is 0 Å². The van der Waals surface area contributed by atoms with Gasteiger partial charge in [0.05, 0.1) is 22.6 Å². The second kappa shape index (κ2) is 13.6. The fourth-order valence-electron chi connectivity index (χ4n) is 4.14. The SMILES string of the molecule is CCNC(=O)C(C)N(Cc1ccc(F)cc1)C(=O)CN(c1cc(Cl)ccc1OC)S(=O)(=O)c1ccc(C)c([N+](=O)[O-])c1. The van der Waals surface area contributed by atoms with E-state index in [1.807, 2.05) is 0 Å². The zero-order valence-electron chi connectivity index (χ0n) is 23.3. The van der Waals surface area contributed by atoms with Crippen LogP contribution >= 0.6 is 11.6 Å². The Morgan fingerprint density at radius 2 is 1.79 bits per heavy atom. The first kappa shape index (κ1) is 32.3. The molecule has 42 heavy (non-hydrogen) atoms. The molecule has 224 valence electrons. The third-order valence-electron chi connectivity index (χ3n) is 6.44. The van der Waals surface area contributed by atoms with E-state index in [1.54, 1.807) is 6.92 Å². The van der Waals surface area contributed by atoms with Gasteiger partial charge >= 0.3 is 0 Å². The van der Waals surface area contributed by atoms with Gasteiger partial charge in [0.25, 0.3) is 15.7 Å². The molecule has 1 atom stereocenters. The second-order valence-corrected chi connectivity index (χ2v) is 11.6. The Morgan fingerprint density at radius 3 is 2.38 bits per heavy atom. The van der Waals surface area contributed by atoms with Crippen LogP contribution in [0.4, 0.5) is 15.8 Å². The number of anilines is 1. The molecule has 3 aromatic carbocycles. The fraction of sp³-hybridized carbons (Fsp3) is 0.286. The third kappa shape index (κ3) is 7.34. The van der Waals surface area contributed by atoms with E-state index in [-0.39, 0.29) is 35.1 Å². The monoisotopic (exact) mass is 620 g/mol. The summed E-state index contributed by atoms with van der Waals surface area (Å²) in [6, 6.07) is 11.8. The number of nitro benzene ring substituents is 1. The summed E-state index contributed by atoms with van der Waals surface area (Å²) in [6.45, 7) is 3.96. The number of likely N-dealkylation sites (N-methyl/N-ethyl adjacent to an activating group) is 1. The number of methoxy groups -OCH3 is 1. The standard InChI is InChI=1S/C28H30ClFN4O7S/c1-5-31-28(36)19(3)32(16-20-7-10-22(30)11-8-20)27(35)17-33(25-14-21(29)9-13-26(25)41-4)42(39,40)23-12-6-18(2)24(15-23)34(37)38/h6-15,19H,5,16-17H2,1-4H3,(H,31,36). The number of hydrogen-bond acceptors (Lipinski definition) is 7. The van der Waals surface area contributed by atoms with Crippen LogP contribution in [0.1, 0.15) is 25.0 Å². The molecule has 1 unspecified atom stereocenters. The molecule has 0 spiro atoms. The van der Waals surface area contributed by atoms with Gasteiger partial charge in [-0.3, -0.25) is 24.0 Å². The number of sulfonamides is 1. The average molecular weight is 621 g/mol. The van der Waals surface area contributed by atoms with Crippen LogP contribution in [-0.4, -0.2) is 56.3 Å². The number of amides is 2. The van der Waals surface area contributed by atoms with Crippen LogP contribution in [0.25, 0.3) is 0 Å². The molecular weight excluding hydrogens is 591 g/mol. The summed E-state index contributed by atoms with van der Waals surface area (Å²) in [5.41, 5.74) is 0.199.